The number of Topliss-reactive ketones (excluding diaryl/α,β-unsaturated/α-hetero) is 1. The van der Waals surface area contributed by atoms with E-state index in [0.29, 0.717) is 35.0 Å². The van der Waals surface area contributed by atoms with Crippen molar-refractivity contribution in [2.75, 3.05) is 11.7 Å². The Hall–Kier alpha value is -1.88. The second-order valence-corrected chi connectivity index (χ2v) is 8.35. The van der Waals surface area contributed by atoms with Crippen LogP contribution >= 0.6 is 0 Å². The predicted octanol–water partition coefficient (Wildman–Crippen LogP) is 3.23. The van der Waals surface area contributed by atoms with Crippen molar-refractivity contribution in [1.29, 1.82) is 0 Å². The van der Waals surface area contributed by atoms with Gasteiger partial charge in [0.25, 0.3) is 5.91 Å². The first-order valence-electron chi connectivity index (χ1n) is 9.34. The topological polar surface area (TPSA) is 66.8 Å². The molecule has 0 bridgehead atoms. The highest BCUT2D eigenvalue weighted by Gasteiger charge is 2.54. The zero-order valence-corrected chi connectivity index (χ0v) is 14.5. The third-order valence-corrected chi connectivity index (χ3v) is 7.33. The molecule has 1 N–H and O–H groups in total. The number of ether oxygens (including phenoxy) is 1. The van der Waals surface area contributed by atoms with Gasteiger partial charge in [-0.05, 0) is 73.1 Å². The summed E-state index contributed by atoms with van der Waals surface area (Å²) in [6.45, 7) is 2.06. The van der Waals surface area contributed by atoms with Gasteiger partial charge in [0.05, 0.1) is 0 Å². The number of aryl methyl sites for hydroxylation is 1. The largest absolute Gasteiger partial charge is 0.481 e. The Bertz CT molecular complexity index is 788. The Balaban J connectivity index is 1.56. The summed E-state index contributed by atoms with van der Waals surface area (Å²) in [6.07, 6.45) is 5.81. The highest BCUT2D eigenvalue weighted by Crippen LogP contribution is 2.60. The van der Waals surface area contributed by atoms with Crippen LogP contribution in [0.15, 0.2) is 12.1 Å². The second-order valence-electron chi connectivity index (χ2n) is 8.35. The molecule has 1 aliphatic heterocycles. The van der Waals surface area contributed by atoms with E-state index < -0.39 is 5.91 Å². The number of amides is 1. The summed E-state index contributed by atoms with van der Waals surface area (Å²) >= 11 is 0. The molecule has 132 valence electrons. The van der Waals surface area contributed by atoms with Crippen molar-refractivity contribution in [3.05, 3.63) is 23.3 Å². The van der Waals surface area contributed by atoms with Gasteiger partial charge >= 0.3 is 0 Å². The van der Waals surface area contributed by atoms with Crippen LogP contribution in [0.4, 0.5) is 5.69 Å². The van der Waals surface area contributed by atoms with Crippen molar-refractivity contribution in [3.63, 3.8) is 0 Å². The van der Waals surface area contributed by atoms with E-state index in [2.05, 4.69) is 6.92 Å². The summed E-state index contributed by atoms with van der Waals surface area (Å²) in [5, 5.41) is 10.8. The quantitative estimate of drug-likeness (QED) is 0.736. The number of hydrogen-bond donors (Lipinski definition) is 1. The van der Waals surface area contributed by atoms with Crippen LogP contribution in [0.25, 0.3) is 0 Å². The number of hydroxylamine groups is 1. The molecule has 0 spiro atoms. The first-order chi connectivity index (χ1) is 12.0. The van der Waals surface area contributed by atoms with E-state index in [1.165, 1.54) is 11.1 Å². The number of nitrogens with zero attached hydrogens (tertiary/aromatic N) is 1. The maximum absolute atomic E-state index is 12.4. The van der Waals surface area contributed by atoms with Gasteiger partial charge in [0, 0.05) is 11.8 Å². The average molecular weight is 341 g/mol. The van der Waals surface area contributed by atoms with Crippen molar-refractivity contribution in [1.82, 2.24) is 0 Å². The normalized spacial score (nSPS) is 36.2. The summed E-state index contributed by atoms with van der Waals surface area (Å²) in [5.41, 5.74) is 2.85. The van der Waals surface area contributed by atoms with Gasteiger partial charge in [-0.15, -0.1) is 0 Å². The lowest BCUT2D eigenvalue weighted by Crippen LogP contribution is -2.42. The maximum Gasteiger partial charge on any atom is 0.288 e. The van der Waals surface area contributed by atoms with Gasteiger partial charge in [-0.2, -0.15) is 5.06 Å². The van der Waals surface area contributed by atoms with Crippen molar-refractivity contribution in [2.24, 2.45) is 17.3 Å². The molecule has 0 saturated heterocycles. The van der Waals surface area contributed by atoms with Gasteiger partial charge in [0.15, 0.2) is 6.61 Å². The molecule has 25 heavy (non-hydrogen) atoms. The van der Waals surface area contributed by atoms with Crippen molar-refractivity contribution in [3.8, 4) is 5.75 Å². The minimum Gasteiger partial charge on any atom is -0.481 e. The van der Waals surface area contributed by atoms with E-state index in [0.717, 1.165) is 43.6 Å². The van der Waals surface area contributed by atoms with Crippen molar-refractivity contribution < 1.29 is 19.5 Å². The monoisotopic (exact) mass is 341 g/mol. The van der Waals surface area contributed by atoms with E-state index in [9.17, 15) is 14.8 Å². The molecule has 0 unspecified atom stereocenters. The van der Waals surface area contributed by atoms with Crippen LogP contribution in [0.5, 0.6) is 5.75 Å². The number of carbonyl (C=O) groups excluding carboxylic acids is 2. The summed E-state index contributed by atoms with van der Waals surface area (Å²) in [4.78, 5) is 24.2. The molecule has 1 aromatic rings. The fourth-order valence-corrected chi connectivity index (χ4v) is 5.97. The lowest BCUT2D eigenvalue weighted by atomic mass is 9.55. The molecule has 1 aromatic carbocycles. The summed E-state index contributed by atoms with van der Waals surface area (Å²) < 4.78 is 5.51. The molecule has 5 nitrogen and oxygen atoms in total. The molecule has 4 atom stereocenters. The maximum atomic E-state index is 12.4. The van der Waals surface area contributed by atoms with Crippen LogP contribution in [0.3, 0.4) is 0 Å². The molecule has 1 heterocycles. The number of fused-ring (bicyclic) bond motifs is 6. The van der Waals surface area contributed by atoms with Crippen LogP contribution in [0, 0.1) is 17.3 Å². The first kappa shape index (κ1) is 15.4. The molecule has 0 radical (unpaired) electrons. The van der Waals surface area contributed by atoms with E-state index in [4.69, 9.17) is 4.74 Å². The molecule has 3 aliphatic carbocycles. The smallest absolute Gasteiger partial charge is 0.288 e. The minimum atomic E-state index is -0.433. The van der Waals surface area contributed by atoms with Gasteiger partial charge in [0.1, 0.15) is 17.2 Å². The third kappa shape index (κ3) is 1.99. The molecular formula is C20H23NO4. The Labute approximate surface area is 146 Å². The van der Waals surface area contributed by atoms with Gasteiger partial charge in [-0.25, -0.2) is 0 Å². The first-order valence-corrected chi connectivity index (χ1v) is 9.34. The Morgan fingerprint density at radius 1 is 1.20 bits per heavy atom. The molecule has 4 aliphatic rings. The number of hydrogen-bond acceptors (Lipinski definition) is 4. The molecular weight excluding hydrogens is 318 g/mol. The van der Waals surface area contributed by atoms with Crippen LogP contribution in [0.1, 0.15) is 56.1 Å². The summed E-state index contributed by atoms with van der Waals surface area (Å²) in [6, 6.07) is 3.96. The Morgan fingerprint density at radius 3 is 2.88 bits per heavy atom. The number of benzene rings is 1. The van der Waals surface area contributed by atoms with E-state index in [1.807, 2.05) is 12.1 Å². The highest BCUT2D eigenvalue weighted by atomic mass is 16.5. The second kappa shape index (κ2) is 5.07. The van der Waals surface area contributed by atoms with E-state index >= 15 is 0 Å². The fraction of sp³-hybridized carbons (Fsp3) is 0.600. The van der Waals surface area contributed by atoms with Crippen LogP contribution in [-0.4, -0.2) is 23.5 Å². The van der Waals surface area contributed by atoms with Gasteiger partial charge in [-0.1, -0.05) is 6.92 Å². The average Bonchev–Trinajstić information content (AvgIpc) is 2.92. The van der Waals surface area contributed by atoms with Crippen LogP contribution in [0.2, 0.25) is 0 Å². The van der Waals surface area contributed by atoms with Crippen molar-refractivity contribution >= 4 is 17.4 Å². The van der Waals surface area contributed by atoms with Crippen LogP contribution < -0.4 is 9.80 Å². The minimum absolute atomic E-state index is 0.114. The molecule has 2 saturated carbocycles. The van der Waals surface area contributed by atoms with E-state index in [-0.39, 0.29) is 12.0 Å². The number of carbonyl (C=O) groups is 2. The third-order valence-electron chi connectivity index (χ3n) is 7.33. The molecule has 5 heteroatoms. The van der Waals surface area contributed by atoms with E-state index in [1.54, 1.807) is 0 Å². The van der Waals surface area contributed by atoms with Gasteiger partial charge < -0.3 is 4.74 Å². The molecule has 2 fully saturated rings. The zero-order valence-electron chi connectivity index (χ0n) is 14.5. The van der Waals surface area contributed by atoms with Gasteiger partial charge in [0.2, 0.25) is 0 Å². The molecule has 5 rings (SSSR count). The number of anilines is 1. The summed E-state index contributed by atoms with van der Waals surface area (Å²) in [7, 11) is 0. The Kier molecular flexibility index (Phi) is 3.12. The number of ketones is 1. The number of rotatable bonds is 0. The lowest BCUT2D eigenvalue weighted by molar-refractivity contribution is -0.129. The van der Waals surface area contributed by atoms with Crippen LogP contribution in [-0.2, 0) is 16.0 Å². The lowest BCUT2D eigenvalue weighted by Gasteiger charge is -2.48. The van der Waals surface area contributed by atoms with Gasteiger partial charge in [-0.3, -0.25) is 14.8 Å². The molecule has 0 aromatic heterocycles. The van der Waals surface area contributed by atoms with Crippen molar-refractivity contribution in [2.45, 2.75) is 51.4 Å². The molecule has 1 amide bonds. The Morgan fingerprint density at radius 2 is 2.04 bits per heavy atom. The predicted molar refractivity (Wildman–Crippen MR) is 90.8 cm³/mol. The fourth-order valence-electron chi connectivity index (χ4n) is 5.97. The standard InChI is InChI=1S/C20H23NO4/c1-20-7-6-12-13(15(20)4-5-18(20)22)3-2-11-8-17-16(9-14(11)12)21(24)19(23)10-25-17/h8-9,12-13,15,24H,2-7,10H2,1H3/t12-,13+,15-,20-/m0/s1. The zero-order chi connectivity index (χ0) is 17.3. The highest BCUT2D eigenvalue weighted by molar-refractivity contribution is 5.95. The SMILES string of the molecule is C[C@]12CC[C@@H]3c4cc5c(cc4CC[C@H]3[C@@H]1CCC2=O)OCC(=O)N5O. The summed E-state index contributed by atoms with van der Waals surface area (Å²) in [5.74, 6) is 2.04.